The summed E-state index contributed by atoms with van der Waals surface area (Å²) < 4.78 is 0. The first-order valence-electron chi connectivity index (χ1n) is 7.76. The largest absolute Gasteiger partial charge is 0.314 e. The van der Waals surface area contributed by atoms with Gasteiger partial charge in [0.25, 0.3) is 0 Å². The average molecular weight is 282 g/mol. The first-order valence-corrected chi connectivity index (χ1v) is 7.76. The Morgan fingerprint density at radius 3 is 2.52 bits per heavy atom. The highest BCUT2D eigenvalue weighted by Gasteiger charge is 2.22. The zero-order valence-corrected chi connectivity index (χ0v) is 13.3. The maximum Gasteiger partial charge on any atom is 0.0300 e. The van der Waals surface area contributed by atoms with Gasteiger partial charge in [-0.25, -0.2) is 0 Å². The van der Waals surface area contributed by atoms with Crippen LogP contribution in [-0.2, 0) is 11.8 Å². The fourth-order valence-electron chi connectivity index (χ4n) is 2.85. The molecule has 0 fully saturated rings. The molecule has 0 radical (unpaired) electrons. The van der Waals surface area contributed by atoms with Crippen molar-refractivity contribution < 1.29 is 0 Å². The van der Waals surface area contributed by atoms with Gasteiger partial charge in [-0.1, -0.05) is 50.2 Å². The second-order valence-corrected chi connectivity index (χ2v) is 6.42. The lowest BCUT2D eigenvalue weighted by Crippen LogP contribution is -2.34. The van der Waals surface area contributed by atoms with Gasteiger partial charge in [0.2, 0.25) is 0 Å². The van der Waals surface area contributed by atoms with Crippen LogP contribution in [0.2, 0.25) is 0 Å². The van der Waals surface area contributed by atoms with Crippen LogP contribution in [0.3, 0.4) is 0 Å². The monoisotopic (exact) mass is 282 g/mol. The molecule has 0 spiro atoms. The molecule has 1 unspecified atom stereocenters. The summed E-state index contributed by atoms with van der Waals surface area (Å²) in [6, 6.07) is 15.4. The molecular formula is C19H26N2. The Labute approximate surface area is 128 Å². The molecule has 2 rings (SSSR count). The molecule has 0 amide bonds. The van der Waals surface area contributed by atoms with E-state index in [1.54, 1.807) is 0 Å². The zero-order valence-electron chi connectivity index (χ0n) is 13.3. The van der Waals surface area contributed by atoms with Gasteiger partial charge in [0.15, 0.2) is 0 Å². The number of nitrogens with zero attached hydrogens (tertiary/aromatic N) is 1. The van der Waals surface area contributed by atoms with Gasteiger partial charge in [-0.2, -0.15) is 0 Å². The molecule has 2 nitrogen and oxygen atoms in total. The predicted molar refractivity (Wildman–Crippen MR) is 89.5 cm³/mol. The molecule has 0 aliphatic carbocycles. The van der Waals surface area contributed by atoms with Crippen LogP contribution in [-0.4, -0.2) is 17.6 Å². The van der Waals surface area contributed by atoms with Gasteiger partial charge in [0, 0.05) is 18.4 Å². The van der Waals surface area contributed by atoms with Crippen LogP contribution in [0.5, 0.6) is 0 Å². The van der Waals surface area contributed by atoms with Crippen LogP contribution in [0.4, 0.5) is 0 Å². The summed E-state index contributed by atoms with van der Waals surface area (Å²) in [6.45, 7) is 7.91. The van der Waals surface area contributed by atoms with E-state index in [1.165, 1.54) is 11.1 Å². The molecule has 2 heteroatoms. The van der Waals surface area contributed by atoms with Gasteiger partial charge < -0.3 is 5.32 Å². The van der Waals surface area contributed by atoms with E-state index >= 15 is 0 Å². The molecule has 1 atom stereocenters. The maximum atomic E-state index is 4.15. The van der Waals surface area contributed by atoms with Crippen molar-refractivity contribution in [1.82, 2.24) is 10.3 Å². The second-order valence-electron chi connectivity index (χ2n) is 6.42. The lowest BCUT2D eigenvalue weighted by molar-refractivity contribution is 0.390. The first-order chi connectivity index (χ1) is 10.1. The minimum atomic E-state index is 0.196. The van der Waals surface area contributed by atoms with Crippen LogP contribution in [0.25, 0.3) is 0 Å². The van der Waals surface area contributed by atoms with Crippen molar-refractivity contribution in [1.29, 1.82) is 0 Å². The van der Waals surface area contributed by atoms with Gasteiger partial charge in [-0.3, -0.25) is 4.98 Å². The van der Waals surface area contributed by atoms with Crippen LogP contribution < -0.4 is 5.32 Å². The number of hydrogen-bond donors (Lipinski definition) is 1. The third-order valence-electron chi connectivity index (χ3n) is 4.00. The van der Waals surface area contributed by atoms with Crippen LogP contribution in [0.15, 0.2) is 54.9 Å². The number of pyridine rings is 1. The Hall–Kier alpha value is -1.67. The normalized spacial score (nSPS) is 13.1. The topological polar surface area (TPSA) is 24.9 Å². The van der Waals surface area contributed by atoms with Gasteiger partial charge in [0.05, 0.1) is 0 Å². The Kier molecular flexibility index (Phi) is 5.51. The minimum Gasteiger partial charge on any atom is -0.314 e. The molecule has 0 bridgehead atoms. The number of aromatic nitrogens is 1. The standard InChI is InChI=1S/C19H26N2/c1-16(21-13-11-17-8-7-12-20-15-17)14-19(2,3)18-9-5-4-6-10-18/h4-10,12,15-16,21H,11,13-14H2,1-3H3. The lowest BCUT2D eigenvalue weighted by atomic mass is 9.79. The summed E-state index contributed by atoms with van der Waals surface area (Å²) in [6.07, 6.45) is 5.93. The highest BCUT2D eigenvalue weighted by Crippen LogP contribution is 2.28. The van der Waals surface area contributed by atoms with Crippen molar-refractivity contribution >= 4 is 0 Å². The highest BCUT2D eigenvalue weighted by molar-refractivity contribution is 5.23. The lowest BCUT2D eigenvalue weighted by Gasteiger charge is -2.29. The van der Waals surface area contributed by atoms with Crippen molar-refractivity contribution in [3.05, 3.63) is 66.0 Å². The average Bonchev–Trinajstić information content (AvgIpc) is 2.49. The van der Waals surface area contributed by atoms with Crippen LogP contribution in [0.1, 0.15) is 38.3 Å². The fourth-order valence-corrected chi connectivity index (χ4v) is 2.85. The first kappa shape index (κ1) is 15.7. The molecular weight excluding hydrogens is 256 g/mol. The van der Waals surface area contributed by atoms with Crippen molar-refractivity contribution in [3.63, 3.8) is 0 Å². The molecule has 0 saturated carbocycles. The van der Waals surface area contributed by atoms with Gasteiger partial charge in [-0.05, 0) is 48.9 Å². The second kappa shape index (κ2) is 7.37. The van der Waals surface area contributed by atoms with E-state index in [0.29, 0.717) is 6.04 Å². The summed E-state index contributed by atoms with van der Waals surface area (Å²) in [4.78, 5) is 4.15. The van der Waals surface area contributed by atoms with E-state index in [1.807, 2.05) is 18.5 Å². The molecule has 112 valence electrons. The third-order valence-corrected chi connectivity index (χ3v) is 4.00. The van der Waals surface area contributed by atoms with Crippen molar-refractivity contribution in [2.75, 3.05) is 6.54 Å². The van der Waals surface area contributed by atoms with Gasteiger partial charge in [-0.15, -0.1) is 0 Å². The summed E-state index contributed by atoms with van der Waals surface area (Å²) in [5, 5.41) is 3.63. The zero-order chi connectivity index (χ0) is 15.1. The number of rotatable bonds is 7. The predicted octanol–water partition coefficient (Wildman–Crippen LogP) is 3.97. The fraction of sp³-hybridized carbons (Fsp3) is 0.421. The number of benzene rings is 1. The number of nitrogens with one attached hydrogen (secondary N) is 1. The maximum absolute atomic E-state index is 4.15. The SMILES string of the molecule is CC(CC(C)(C)c1ccccc1)NCCc1cccnc1. The van der Waals surface area contributed by atoms with Gasteiger partial charge >= 0.3 is 0 Å². The molecule has 2 aromatic rings. The summed E-state index contributed by atoms with van der Waals surface area (Å²) >= 11 is 0. The third kappa shape index (κ3) is 4.98. The molecule has 1 heterocycles. The number of hydrogen-bond acceptors (Lipinski definition) is 2. The van der Waals surface area contributed by atoms with Crippen LogP contribution >= 0.6 is 0 Å². The minimum absolute atomic E-state index is 0.196. The van der Waals surface area contributed by atoms with Crippen molar-refractivity contribution in [2.24, 2.45) is 0 Å². The molecule has 0 aliphatic rings. The summed E-state index contributed by atoms with van der Waals surface area (Å²) in [7, 11) is 0. The Morgan fingerprint density at radius 1 is 1.10 bits per heavy atom. The van der Waals surface area contributed by atoms with Gasteiger partial charge in [0.1, 0.15) is 0 Å². The van der Waals surface area contributed by atoms with Crippen LogP contribution in [0, 0.1) is 0 Å². The van der Waals surface area contributed by atoms with E-state index in [9.17, 15) is 0 Å². The Balaban J connectivity index is 1.80. The molecule has 1 aromatic carbocycles. The smallest absolute Gasteiger partial charge is 0.0300 e. The van der Waals surface area contributed by atoms with Crippen molar-refractivity contribution in [2.45, 2.75) is 45.1 Å². The van der Waals surface area contributed by atoms with E-state index < -0.39 is 0 Å². The van der Waals surface area contributed by atoms with E-state index in [-0.39, 0.29) is 5.41 Å². The van der Waals surface area contributed by atoms with E-state index in [4.69, 9.17) is 0 Å². The molecule has 1 aromatic heterocycles. The Bertz CT molecular complexity index is 520. The summed E-state index contributed by atoms with van der Waals surface area (Å²) in [5.41, 5.74) is 2.90. The highest BCUT2D eigenvalue weighted by atomic mass is 14.9. The molecule has 1 N–H and O–H groups in total. The Morgan fingerprint density at radius 2 is 1.86 bits per heavy atom. The quantitative estimate of drug-likeness (QED) is 0.831. The molecule has 0 aliphatic heterocycles. The van der Waals surface area contributed by atoms with E-state index in [2.05, 4.69) is 67.5 Å². The molecule has 0 saturated heterocycles. The summed E-state index contributed by atoms with van der Waals surface area (Å²) in [5.74, 6) is 0. The van der Waals surface area contributed by atoms with Crippen molar-refractivity contribution in [3.8, 4) is 0 Å². The van der Waals surface area contributed by atoms with E-state index in [0.717, 1.165) is 19.4 Å². The molecule has 21 heavy (non-hydrogen) atoms.